The lowest BCUT2D eigenvalue weighted by molar-refractivity contribution is -0.898. The van der Waals surface area contributed by atoms with Gasteiger partial charge in [0.15, 0.2) is 0 Å². The third kappa shape index (κ3) is 2.31. The lowest BCUT2D eigenvalue weighted by Crippen LogP contribution is -2.63. The fourth-order valence-electron chi connectivity index (χ4n) is 3.77. The van der Waals surface area contributed by atoms with Gasteiger partial charge in [-0.2, -0.15) is 0 Å². The highest BCUT2D eigenvalue weighted by atomic mass is 19.1. The SMILES string of the molecule is Cc1c(F)cccc1-c1ccc(C(=O)[N+]2(C3CC3)CCC2)cc1. The highest BCUT2D eigenvalue weighted by Crippen LogP contribution is 2.40. The maximum absolute atomic E-state index is 13.7. The molecule has 0 N–H and O–H groups in total. The van der Waals surface area contributed by atoms with Crippen LogP contribution in [0, 0.1) is 12.7 Å². The largest absolute Gasteiger partial charge is 0.346 e. The van der Waals surface area contributed by atoms with Gasteiger partial charge in [0.25, 0.3) is 0 Å². The summed E-state index contributed by atoms with van der Waals surface area (Å²) in [6, 6.07) is 13.4. The second-order valence-electron chi connectivity index (χ2n) is 6.86. The van der Waals surface area contributed by atoms with Crippen LogP contribution in [0.4, 0.5) is 4.39 Å². The first-order chi connectivity index (χ1) is 11.1. The maximum atomic E-state index is 13.7. The summed E-state index contributed by atoms with van der Waals surface area (Å²) in [4.78, 5) is 12.9. The van der Waals surface area contributed by atoms with Crippen molar-refractivity contribution < 1.29 is 13.7 Å². The van der Waals surface area contributed by atoms with E-state index in [4.69, 9.17) is 0 Å². The molecule has 1 heterocycles. The number of carbonyl (C=O) groups excluding carboxylic acids is 1. The summed E-state index contributed by atoms with van der Waals surface area (Å²) in [6.07, 6.45) is 3.53. The Morgan fingerprint density at radius 3 is 2.35 bits per heavy atom. The Labute approximate surface area is 136 Å². The van der Waals surface area contributed by atoms with E-state index in [-0.39, 0.29) is 11.7 Å². The molecule has 4 rings (SSSR count). The van der Waals surface area contributed by atoms with Gasteiger partial charge < -0.3 is 0 Å². The van der Waals surface area contributed by atoms with E-state index in [2.05, 4.69) is 0 Å². The van der Waals surface area contributed by atoms with Gasteiger partial charge in [-0.25, -0.2) is 9.18 Å². The molecule has 0 radical (unpaired) electrons. The fraction of sp³-hybridized carbons (Fsp3) is 0.350. The van der Waals surface area contributed by atoms with Crippen molar-refractivity contribution in [3.8, 4) is 11.1 Å². The first-order valence-electron chi connectivity index (χ1n) is 8.39. The van der Waals surface area contributed by atoms with Gasteiger partial charge in [-0.15, -0.1) is 0 Å². The number of benzene rings is 2. The summed E-state index contributed by atoms with van der Waals surface area (Å²) >= 11 is 0. The van der Waals surface area contributed by atoms with Gasteiger partial charge in [-0.1, -0.05) is 24.3 Å². The van der Waals surface area contributed by atoms with E-state index in [9.17, 15) is 9.18 Å². The predicted molar refractivity (Wildman–Crippen MR) is 88.5 cm³/mol. The Morgan fingerprint density at radius 2 is 1.78 bits per heavy atom. The second-order valence-corrected chi connectivity index (χ2v) is 6.86. The van der Waals surface area contributed by atoms with Gasteiger partial charge in [-0.05, 0) is 41.8 Å². The molecule has 0 bridgehead atoms. The smallest absolute Gasteiger partial charge is 0.253 e. The molecule has 2 nitrogen and oxygen atoms in total. The Hall–Kier alpha value is -2.00. The van der Waals surface area contributed by atoms with Crippen LogP contribution in [0.15, 0.2) is 42.5 Å². The first kappa shape index (κ1) is 14.6. The minimum atomic E-state index is -0.193. The molecule has 1 saturated heterocycles. The van der Waals surface area contributed by atoms with Crippen LogP contribution < -0.4 is 0 Å². The van der Waals surface area contributed by atoms with Crippen LogP contribution >= 0.6 is 0 Å². The molecule has 0 unspecified atom stereocenters. The van der Waals surface area contributed by atoms with Gasteiger partial charge in [-0.3, -0.25) is 4.48 Å². The molecule has 3 heteroatoms. The summed E-state index contributed by atoms with van der Waals surface area (Å²) in [6.45, 7) is 3.78. The molecule has 118 valence electrons. The van der Waals surface area contributed by atoms with Crippen LogP contribution in [0.5, 0.6) is 0 Å². The number of nitrogens with zero attached hydrogens (tertiary/aromatic N) is 1. The van der Waals surface area contributed by atoms with E-state index in [0.717, 1.165) is 36.2 Å². The van der Waals surface area contributed by atoms with Crippen LogP contribution in [-0.2, 0) is 0 Å². The van der Waals surface area contributed by atoms with E-state index >= 15 is 0 Å². The number of hydrogen-bond acceptors (Lipinski definition) is 1. The summed E-state index contributed by atoms with van der Waals surface area (Å²) in [5, 5.41) is 0. The summed E-state index contributed by atoms with van der Waals surface area (Å²) in [7, 11) is 0. The zero-order valence-corrected chi connectivity index (χ0v) is 13.4. The quantitative estimate of drug-likeness (QED) is 0.771. The van der Waals surface area contributed by atoms with E-state index in [1.807, 2.05) is 30.3 Å². The van der Waals surface area contributed by atoms with E-state index < -0.39 is 0 Å². The molecule has 2 aliphatic rings. The topological polar surface area (TPSA) is 17.1 Å². The molecule has 2 aromatic carbocycles. The van der Waals surface area contributed by atoms with Crippen molar-refractivity contribution in [2.45, 2.75) is 32.2 Å². The third-order valence-corrected chi connectivity index (χ3v) is 5.48. The first-order valence-corrected chi connectivity index (χ1v) is 8.39. The number of quaternary nitrogens is 1. The molecule has 0 aromatic heterocycles. The molecule has 1 aliphatic carbocycles. The van der Waals surface area contributed by atoms with Crippen LogP contribution in [-0.4, -0.2) is 29.5 Å². The van der Waals surface area contributed by atoms with Crippen LogP contribution in [0.25, 0.3) is 11.1 Å². The molecule has 1 aliphatic heterocycles. The van der Waals surface area contributed by atoms with Gasteiger partial charge in [0.1, 0.15) is 5.82 Å². The van der Waals surface area contributed by atoms with Crippen LogP contribution in [0.1, 0.15) is 35.2 Å². The molecule has 0 atom stereocenters. The molecule has 2 aromatic rings. The average molecular weight is 310 g/mol. The van der Waals surface area contributed by atoms with Crippen molar-refractivity contribution >= 4 is 5.91 Å². The Balaban J connectivity index is 1.63. The zero-order valence-electron chi connectivity index (χ0n) is 13.4. The molecular formula is C20H21FNO+. The standard InChI is InChI=1S/C20H21FNO/c1-14-18(4-2-5-19(14)21)15-6-8-16(9-7-15)20(23)22(12-3-13-22)17-10-11-17/h2,4-9,17H,3,10-13H2,1H3/q+1. The lowest BCUT2D eigenvalue weighted by atomic mass is 9.98. The highest BCUT2D eigenvalue weighted by Gasteiger charge is 2.54. The van der Waals surface area contributed by atoms with Crippen molar-refractivity contribution in [3.05, 3.63) is 59.4 Å². The number of likely N-dealkylation sites (tertiary alicyclic amines) is 1. The Bertz CT molecular complexity index is 758. The van der Waals surface area contributed by atoms with Crippen LogP contribution in [0.2, 0.25) is 0 Å². The van der Waals surface area contributed by atoms with Gasteiger partial charge in [0.05, 0.1) is 24.7 Å². The van der Waals surface area contributed by atoms with Crippen LogP contribution in [0.3, 0.4) is 0 Å². The second kappa shape index (κ2) is 5.27. The highest BCUT2D eigenvalue weighted by molar-refractivity contribution is 5.90. The summed E-state index contributed by atoms with van der Waals surface area (Å²) in [5.74, 6) is 0.0720. The monoisotopic (exact) mass is 310 g/mol. The minimum Gasteiger partial charge on any atom is -0.253 e. The van der Waals surface area contributed by atoms with Gasteiger partial charge >= 0.3 is 5.91 Å². The van der Waals surface area contributed by atoms with Crippen molar-refractivity contribution in [3.63, 3.8) is 0 Å². The summed E-state index contributed by atoms with van der Waals surface area (Å²) in [5.41, 5.74) is 3.28. The molecule has 2 fully saturated rings. The summed E-state index contributed by atoms with van der Waals surface area (Å²) < 4.78 is 14.4. The molecule has 1 amide bonds. The fourth-order valence-corrected chi connectivity index (χ4v) is 3.77. The molecule has 23 heavy (non-hydrogen) atoms. The predicted octanol–water partition coefficient (Wildman–Crippen LogP) is 4.32. The average Bonchev–Trinajstić information content (AvgIpc) is 3.34. The zero-order chi connectivity index (χ0) is 16.0. The number of rotatable bonds is 3. The normalized spacial score (nSPS) is 19.2. The lowest BCUT2D eigenvalue weighted by Gasteiger charge is -2.43. The van der Waals surface area contributed by atoms with Crippen molar-refractivity contribution in [1.29, 1.82) is 0 Å². The number of hydrogen-bond donors (Lipinski definition) is 0. The third-order valence-electron chi connectivity index (χ3n) is 5.48. The maximum Gasteiger partial charge on any atom is 0.346 e. The molecule has 0 spiro atoms. The van der Waals surface area contributed by atoms with Crippen molar-refractivity contribution in [2.75, 3.05) is 13.1 Å². The Kier molecular flexibility index (Phi) is 3.34. The number of amides is 1. The minimum absolute atomic E-state index is 0.193. The van der Waals surface area contributed by atoms with E-state index in [0.29, 0.717) is 16.1 Å². The van der Waals surface area contributed by atoms with E-state index in [1.54, 1.807) is 13.0 Å². The number of carbonyl (C=O) groups is 1. The van der Waals surface area contributed by atoms with Crippen molar-refractivity contribution in [1.82, 2.24) is 0 Å². The van der Waals surface area contributed by atoms with E-state index in [1.165, 1.54) is 18.9 Å². The van der Waals surface area contributed by atoms with Gasteiger partial charge in [0, 0.05) is 19.3 Å². The van der Waals surface area contributed by atoms with Gasteiger partial charge in [0.2, 0.25) is 0 Å². The Morgan fingerprint density at radius 1 is 1.09 bits per heavy atom. The molecule has 1 saturated carbocycles. The van der Waals surface area contributed by atoms with Crippen molar-refractivity contribution in [2.24, 2.45) is 0 Å². The molecular weight excluding hydrogens is 289 g/mol. The number of halogens is 1.